The molecule has 2 heterocycles. The zero-order valence-corrected chi connectivity index (χ0v) is 13.5. The summed E-state index contributed by atoms with van der Waals surface area (Å²) in [5, 5.41) is 14.1. The van der Waals surface area contributed by atoms with Gasteiger partial charge in [0, 0.05) is 24.6 Å². The number of benzene rings is 1. The summed E-state index contributed by atoms with van der Waals surface area (Å²) in [4.78, 5) is 19.8. The number of ether oxygens (including phenoxy) is 1. The summed E-state index contributed by atoms with van der Waals surface area (Å²) < 4.78 is 4.67. The van der Waals surface area contributed by atoms with Crippen molar-refractivity contribution < 1.29 is 9.53 Å². The molecule has 3 aromatic rings. The van der Waals surface area contributed by atoms with Gasteiger partial charge in [-0.1, -0.05) is 0 Å². The van der Waals surface area contributed by atoms with E-state index in [-0.39, 0.29) is 5.97 Å². The average molecular weight is 336 g/mol. The fraction of sp³-hybridized carbons (Fsp3) is 0.118. The quantitative estimate of drug-likeness (QED) is 0.662. The standard InChI is InChI=1S/C17H16N6O2/c1-25-16(24)13-2-4-14(5-3-13)21-15-11-20-23-17(22-15)19-10-12-6-8-18-9-7-12/h2-9,11H,10H2,1H3,(H2,19,21,22,23). The number of nitrogens with one attached hydrogen (secondary N) is 2. The molecule has 8 nitrogen and oxygen atoms in total. The Morgan fingerprint density at radius 3 is 2.60 bits per heavy atom. The lowest BCUT2D eigenvalue weighted by atomic mass is 10.2. The molecule has 0 fully saturated rings. The lowest BCUT2D eigenvalue weighted by molar-refractivity contribution is 0.0601. The maximum Gasteiger partial charge on any atom is 0.337 e. The van der Waals surface area contributed by atoms with Crippen molar-refractivity contribution in [3.05, 3.63) is 66.1 Å². The molecule has 8 heteroatoms. The largest absolute Gasteiger partial charge is 0.465 e. The Kier molecular flexibility index (Phi) is 5.10. The molecular formula is C17H16N6O2. The first-order chi connectivity index (χ1) is 12.2. The zero-order chi connectivity index (χ0) is 17.5. The number of carbonyl (C=O) groups is 1. The van der Waals surface area contributed by atoms with Gasteiger partial charge in [0.2, 0.25) is 5.95 Å². The first-order valence-electron chi connectivity index (χ1n) is 7.52. The second kappa shape index (κ2) is 7.82. The number of esters is 1. The number of methoxy groups -OCH3 is 1. The summed E-state index contributed by atoms with van der Waals surface area (Å²) in [7, 11) is 1.35. The van der Waals surface area contributed by atoms with E-state index in [1.165, 1.54) is 13.3 Å². The second-order valence-corrected chi connectivity index (χ2v) is 5.07. The van der Waals surface area contributed by atoms with Crippen LogP contribution in [0.4, 0.5) is 17.5 Å². The van der Waals surface area contributed by atoms with Crippen LogP contribution in [0.1, 0.15) is 15.9 Å². The molecule has 1 aromatic carbocycles. The third kappa shape index (κ3) is 4.47. The van der Waals surface area contributed by atoms with Gasteiger partial charge in [-0.3, -0.25) is 4.98 Å². The molecule has 25 heavy (non-hydrogen) atoms. The number of anilines is 3. The molecule has 0 aliphatic heterocycles. The highest BCUT2D eigenvalue weighted by molar-refractivity contribution is 5.89. The van der Waals surface area contributed by atoms with Crippen LogP contribution in [0.3, 0.4) is 0 Å². The smallest absolute Gasteiger partial charge is 0.337 e. The first-order valence-corrected chi connectivity index (χ1v) is 7.52. The predicted molar refractivity (Wildman–Crippen MR) is 92.5 cm³/mol. The average Bonchev–Trinajstić information content (AvgIpc) is 2.67. The van der Waals surface area contributed by atoms with Gasteiger partial charge >= 0.3 is 5.97 Å². The molecule has 2 aromatic heterocycles. The number of hydrogen-bond donors (Lipinski definition) is 2. The van der Waals surface area contributed by atoms with Crippen molar-refractivity contribution in [2.24, 2.45) is 0 Å². The van der Waals surface area contributed by atoms with Crippen LogP contribution in [-0.2, 0) is 11.3 Å². The van der Waals surface area contributed by atoms with Crippen molar-refractivity contribution in [1.29, 1.82) is 0 Å². The zero-order valence-electron chi connectivity index (χ0n) is 13.5. The maximum absolute atomic E-state index is 11.4. The molecule has 0 radical (unpaired) electrons. The predicted octanol–water partition coefficient (Wildman–Crippen LogP) is 2.41. The van der Waals surface area contributed by atoms with Gasteiger partial charge in [-0.25, -0.2) is 4.79 Å². The monoisotopic (exact) mass is 336 g/mol. The van der Waals surface area contributed by atoms with Crippen LogP contribution in [0.2, 0.25) is 0 Å². The molecule has 0 spiro atoms. The van der Waals surface area contributed by atoms with E-state index in [1.54, 1.807) is 36.7 Å². The highest BCUT2D eigenvalue weighted by Gasteiger charge is 2.05. The fourth-order valence-electron chi connectivity index (χ4n) is 2.08. The molecule has 0 aliphatic rings. The molecule has 0 atom stereocenters. The van der Waals surface area contributed by atoms with E-state index in [0.717, 1.165) is 11.3 Å². The summed E-state index contributed by atoms with van der Waals surface area (Å²) in [6, 6.07) is 10.7. The lowest BCUT2D eigenvalue weighted by Gasteiger charge is -2.08. The summed E-state index contributed by atoms with van der Waals surface area (Å²) >= 11 is 0. The minimum absolute atomic E-state index is 0.377. The Balaban J connectivity index is 1.64. The van der Waals surface area contributed by atoms with Crippen molar-refractivity contribution >= 4 is 23.4 Å². The highest BCUT2D eigenvalue weighted by Crippen LogP contribution is 2.16. The van der Waals surface area contributed by atoms with Crippen molar-refractivity contribution in [1.82, 2.24) is 20.2 Å². The number of nitrogens with zero attached hydrogens (tertiary/aromatic N) is 4. The topological polar surface area (TPSA) is 102 Å². The van der Waals surface area contributed by atoms with Crippen molar-refractivity contribution in [2.45, 2.75) is 6.54 Å². The van der Waals surface area contributed by atoms with Crippen LogP contribution in [0.5, 0.6) is 0 Å². The van der Waals surface area contributed by atoms with Crippen LogP contribution in [0.25, 0.3) is 0 Å². The van der Waals surface area contributed by atoms with Gasteiger partial charge in [-0.15, -0.1) is 5.10 Å². The van der Waals surface area contributed by atoms with E-state index in [9.17, 15) is 4.79 Å². The van der Waals surface area contributed by atoms with Crippen molar-refractivity contribution in [2.75, 3.05) is 17.7 Å². The molecule has 0 unspecified atom stereocenters. The van der Waals surface area contributed by atoms with Crippen LogP contribution in [-0.4, -0.2) is 33.2 Å². The number of hydrogen-bond acceptors (Lipinski definition) is 8. The molecule has 0 amide bonds. The van der Waals surface area contributed by atoms with Crippen LogP contribution < -0.4 is 10.6 Å². The SMILES string of the molecule is COC(=O)c1ccc(Nc2cnnc(NCc3ccncc3)n2)cc1. The third-order valence-corrected chi connectivity index (χ3v) is 3.34. The van der Waals surface area contributed by atoms with Gasteiger partial charge in [0.25, 0.3) is 0 Å². The highest BCUT2D eigenvalue weighted by atomic mass is 16.5. The van der Waals surface area contributed by atoms with Gasteiger partial charge in [0.1, 0.15) is 0 Å². The Bertz CT molecular complexity index is 839. The van der Waals surface area contributed by atoms with E-state index in [0.29, 0.717) is 23.9 Å². The molecule has 0 aliphatic carbocycles. The summed E-state index contributed by atoms with van der Waals surface area (Å²) in [6.45, 7) is 0.571. The number of aromatic nitrogens is 4. The van der Waals surface area contributed by atoms with Crippen LogP contribution in [0, 0.1) is 0 Å². The Morgan fingerprint density at radius 2 is 1.88 bits per heavy atom. The number of rotatable bonds is 6. The molecule has 126 valence electrons. The molecule has 2 N–H and O–H groups in total. The molecule has 3 rings (SSSR count). The second-order valence-electron chi connectivity index (χ2n) is 5.07. The minimum atomic E-state index is -0.377. The first kappa shape index (κ1) is 16.3. The van der Waals surface area contributed by atoms with E-state index in [1.807, 2.05) is 12.1 Å². The van der Waals surface area contributed by atoms with Gasteiger partial charge < -0.3 is 15.4 Å². The molecule has 0 bridgehead atoms. The fourth-order valence-corrected chi connectivity index (χ4v) is 2.08. The summed E-state index contributed by atoms with van der Waals surface area (Å²) in [5.74, 6) is 0.573. The van der Waals surface area contributed by atoms with Crippen LogP contribution in [0.15, 0.2) is 55.0 Å². The third-order valence-electron chi connectivity index (χ3n) is 3.34. The molecular weight excluding hydrogens is 320 g/mol. The van der Waals surface area contributed by atoms with Crippen LogP contribution >= 0.6 is 0 Å². The van der Waals surface area contributed by atoms with E-state index < -0.39 is 0 Å². The Labute approximate surface area is 144 Å². The Hall–Kier alpha value is -3.55. The maximum atomic E-state index is 11.4. The molecule has 0 saturated carbocycles. The summed E-state index contributed by atoms with van der Waals surface area (Å²) in [6.07, 6.45) is 4.98. The van der Waals surface area contributed by atoms with Crippen molar-refractivity contribution in [3.8, 4) is 0 Å². The van der Waals surface area contributed by atoms with Crippen molar-refractivity contribution in [3.63, 3.8) is 0 Å². The van der Waals surface area contributed by atoms with Gasteiger partial charge in [0.05, 0.1) is 18.9 Å². The number of pyridine rings is 1. The van der Waals surface area contributed by atoms with Gasteiger partial charge in [-0.05, 0) is 42.0 Å². The Morgan fingerprint density at radius 1 is 1.12 bits per heavy atom. The van der Waals surface area contributed by atoms with Gasteiger partial charge in [0.15, 0.2) is 5.82 Å². The van der Waals surface area contributed by atoms with E-state index in [4.69, 9.17) is 0 Å². The number of carbonyl (C=O) groups excluding carboxylic acids is 1. The normalized spacial score (nSPS) is 10.1. The molecule has 0 saturated heterocycles. The van der Waals surface area contributed by atoms with E-state index >= 15 is 0 Å². The minimum Gasteiger partial charge on any atom is -0.465 e. The lowest BCUT2D eigenvalue weighted by Crippen LogP contribution is -2.06. The van der Waals surface area contributed by atoms with E-state index in [2.05, 4.69) is 35.5 Å². The summed E-state index contributed by atoms with van der Waals surface area (Å²) in [5.41, 5.74) is 2.32. The van der Waals surface area contributed by atoms with Gasteiger partial charge in [-0.2, -0.15) is 10.1 Å².